The van der Waals surface area contributed by atoms with E-state index in [9.17, 15) is 23.3 Å². The Bertz CT molecular complexity index is 954. The number of Topliss-reactive ketones (excluding diaryl/α,β-unsaturated/α-hetero) is 1. The molecule has 7 nitrogen and oxygen atoms in total. The number of hydrogen-bond donors (Lipinski definition) is 1. The van der Waals surface area contributed by atoms with Crippen LogP contribution in [0.4, 0.5) is 5.69 Å². The van der Waals surface area contributed by atoms with E-state index in [0.29, 0.717) is 10.6 Å². The molecule has 0 aliphatic rings. The number of halogens is 1. The lowest BCUT2D eigenvalue weighted by Crippen LogP contribution is -2.31. The Morgan fingerprint density at radius 3 is 2.15 bits per heavy atom. The first kappa shape index (κ1) is 19.8. The Hall–Kier alpha value is -2.55. The van der Waals surface area contributed by atoms with Crippen molar-refractivity contribution in [1.29, 1.82) is 0 Å². The fourth-order valence-electron chi connectivity index (χ4n) is 2.17. The number of nitrogens with zero attached hydrogens (tertiary/aromatic N) is 1. The summed E-state index contributed by atoms with van der Waals surface area (Å²) < 4.78 is 27.7. The average molecular weight is 395 g/mol. The largest absolute Gasteiger partial charge is 0.295 e. The molecule has 0 saturated carbocycles. The first-order valence-corrected chi connectivity index (χ1v) is 9.20. The zero-order valence-electron chi connectivity index (χ0n) is 13.7. The van der Waals surface area contributed by atoms with Crippen LogP contribution in [0.5, 0.6) is 0 Å². The highest BCUT2D eigenvalue weighted by atomic mass is 35.5. The Kier molecular flexibility index (Phi) is 5.91. The van der Waals surface area contributed by atoms with Gasteiger partial charge in [0.15, 0.2) is 5.78 Å². The van der Waals surface area contributed by atoms with Crippen molar-refractivity contribution in [2.24, 2.45) is 0 Å². The summed E-state index contributed by atoms with van der Waals surface area (Å²) in [6.45, 7) is 4.95. The van der Waals surface area contributed by atoms with E-state index in [1.165, 1.54) is 6.92 Å². The van der Waals surface area contributed by atoms with Gasteiger partial charge in [0.2, 0.25) is 10.0 Å². The molecule has 0 spiro atoms. The monoisotopic (exact) mass is 394 g/mol. The molecular weight excluding hydrogens is 380 g/mol. The van der Waals surface area contributed by atoms with E-state index in [4.69, 9.17) is 11.6 Å². The smallest absolute Gasteiger partial charge is 0.269 e. The zero-order valence-corrected chi connectivity index (χ0v) is 15.3. The Morgan fingerprint density at radius 2 is 1.69 bits per heavy atom. The number of carbonyl (C=O) groups excluding carboxylic acids is 1. The summed E-state index contributed by atoms with van der Waals surface area (Å²) in [4.78, 5) is 21.6. The van der Waals surface area contributed by atoms with Crippen LogP contribution < -0.4 is 4.72 Å². The number of nitro benzene ring substituents is 1. The quantitative estimate of drug-likeness (QED) is 0.440. The molecule has 136 valence electrons. The molecular formula is C17H15ClN2O5S. The first-order valence-electron chi connectivity index (χ1n) is 7.34. The summed E-state index contributed by atoms with van der Waals surface area (Å²) in [7, 11) is -4.06. The Balaban J connectivity index is 2.39. The second-order valence-electron chi connectivity index (χ2n) is 5.44. The van der Waals surface area contributed by atoms with Gasteiger partial charge in [-0.05, 0) is 36.8 Å². The lowest BCUT2D eigenvalue weighted by molar-refractivity contribution is -0.384. The van der Waals surface area contributed by atoms with Gasteiger partial charge in [-0.3, -0.25) is 14.9 Å². The third kappa shape index (κ3) is 4.54. The predicted molar refractivity (Wildman–Crippen MR) is 97.4 cm³/mol. The molecule has 0 amide bonds. The van der Waals surface area contributed by atoms with E-state index < -0.39 is 21.0 Å². The third-order valence-corrected chi connectivity index (χ3v) is 5.33. The van der Waals surface area contributed by atoms with Gasteiger partial charge in [-0.2, -0.15) is 4.72 Å². The van der Waals surface area contributed by atoms with Crippen LogP contribution in [0, 0.1) is 10.1 Å². The molecule has 0 fully saturated rings. The number of sulfonamides is 1. The lowest BCUT2D eigenvalue weighted by atomic mass is 9.98. The van der Waals surface area contributed by atoms with Crippen LogP contribution in [0.15, 0.2) is 65.6 Å². The molecule has 0 heterocycles. The molecule has 0 bridgehead atoms. The number of rotatable bonds is 7. The van der Waals surface area contributed by atoms with E-state index in [0.717, 1.165) is 24.3 Å². The molecule has 0 aliphatic carbocycles. The first-order chi connectivity index (χ1) is 12.1. The molecule has 0 aromatic heterocycles. The molecule has 0 radical (unpaired) electrons. The molecule has 2 aromatic rings. The molecule has 26 heavy (non-hydrogen) atoms. The summed E-state index contributed by atoms with van der Waals surface area (Å²) in [5, 5.41) is 11.2. The van der Waals surface area contributed by atoms with Gasteiger partial charge >= 0.3 is 0 Å². The Labute approximate surface area is 155 Å². The highest BCUT2D eigenvalue weighted by Crippen LogP contribution is 2.26. The molecule has 0 saturated heterocycles. The number of nitrogens with one attached hydrogen (secondary N) is 1. The van der Waals surface area contributed by atoms with Crippen molar-refractivity contribution in [2.45, 2.75) is 17.9 Å². The van der Waals surface area contributed by atoms with Gasteiger partial charge in [-0.15, -0.1) is 0 Å². The van der Waals surface area contributed by atoms with Crippen LogP contribution in [0.2, 0.25) is 5.02 Å². The summed E-state index contributed by atoms with van der Waals surface area (Å²) >= 11 is 5.84. The maximum Gasteiger partial charge on any atom is 0.269 e. The van der Waals surface area contributed by atoms with E-state index in [1.807, 2.05) is 0 Å². The van der Waals surface area contributed by atoms with Crippen LogP contribution in [-0.2, 0) is 14.8 Å². The van der Waals surface area contributed by atoms with Crippen LogP contribution in [0.1, 0.15) is 18.5 Å². The molecule has 9 heteroatoms. The number of hydrogen-bond acceptors (Lipinski definition) is 5. The summed E-state index contributed by atoms with van der Waals surface area (Å²) in [5.41, 5.74) is 0.309. The fraction of sp³-hybridized carbons (Fsp3) is 0.118. The van der Waals surface area contributed by atoms with Crippen LogP contribution >= 0.6 is 11.6 Å². The van der Waals surface area contributed by atoms with Crippen molar-refractivity contribution in [3.05, 3.63) is 81.4 Å². The highest BCUT2D eigenvalue weighted by Gasteiger charge is 2.26. The molecule has 1 N–H and O–H groups in total. The van der Waals surface area contributed by atoms with Gasteiger partial charge in [0.25, 0.3) is 5.69 Å². The lowest BCUT2D eigenvalue weighted by Gasteiger charge is -2.20. The van der Waals surface area contributed by atoms with Gasteiger partial charge in [0, 0.05) is 22.7 Å². The topological polar surface area (TPSA) is 106 Å². The van der Waals surface area contributed by atoms with E-state index >= 15 is 0 Å². The summed E-state index contributed by atoms with van der Waals surface area (Å²) in [6.07, 6.45) is 0. The van der Waals surface area contributed by atoms with E-state index in [1.54, 1.807) is 24.3 Å². The number of carbonyl (C=O) groups is 1. The van der Waals surface area contributed by atoms with E-state index in [-0.39, 0.29) is 21.9 Å². The van der Waals surface area contributed by atoms with Crippen molar-refractivity contribution in [3.63, 3.8) is 0 Å². The van der Waals surface area contributed by atoms with E-state index in [2.05, 4.69) is 11.3 Å². The number of nitro groups is 1. The van der Waals surface area contributed by atoms with Crippen molar-refractivity contribution in [2.75, 3.05) is 0 Å². The maximum atomic E-state index is 12.6. The minimum atomic E-state index is -4.06. The van der Waals surface area contributed by atoms with Gasteiger partial charge < -0.3 is 0 Å². The number of non-ortho nitro benzene ring substituents is 1. The average Bonchev–Trinajstić information content (AvgIpc) is 2.60. The fourth-order valence-corrected chi connectivity index (χ4v) is 3.51. The molecule has 0 unspecified atom stereocenters. The van der Waals surface area contributed by atoms with Crippen LogP contribution in [0.25, 0.3) is 0 Å². The minimum Gasteiger partial charge on any atom is -0.295 e. The minimum absolute atomic E-state index is 0.0535. The molecule has 1 atom stereocenters. The maximum absolute atomic E-state index is 12.6. The summed E-state index contributed by atoms with van der Waals surface area (Å²) in [6, 6.07) is 9.72. The molecule has 2 aromatic carbocycles. The predicted octanol–water partition coefficient (Wildman–Crippen LogP) is 3.41. The summed E-state index contributed by atoms with van der Waals surface area (Å²) in [5.74, 6) is -0.378. The van der Waals surface area contributed by atoms with Crippen molar-refractivity contribution >= 4 is 33.1 Å². The molecule has 0 aliphatic heterocycles. The Morgan fingerprint density at radius 1 is 1.15 bits per heavy atom. The standard InChI is InChI=1S/C17H15ClN2O5S/c1-11(12(2)21)17(13-3-5-14(18)6-4-13)19-26(24,25)16-9-7-15(8-10-16)20(22)23/h3-10,17,19H,1H2,2H3/t17-/m1/s1. The van der Waals surface area contributed by atoms with Crippen molar-refractivity contribution < 1.29 is 18.1 Å². The van der Waals surface area contributed by atoms with Crippen molar-refractivity contribution in [3.8, 4) is 0 Å². The van der Waals surface area contributed by atoms with Crippen LogP contribution in [-0.4, -0.2) is 19.1 Å². The zero-order chi connectivity index (χ0) is 19.5. The van der Waals surface area contributed by atoms with Crippen LogP contribution in [0.3, 0.4) is 0 Å². The third-order valence-electron chi connectivity index (χ3n) is 3.63. The number of benzene rings is 2. The normalized spacial score (nSPS) is 12.4. The second kappa shape index (κ2) is 7.77. The molecule has 2 rings (SSSR count). The van der Waals surface area contributed by atoms with Crippen molar-refractivity contribution in [1.82, 2.24) is 4.72 Å². The van der Waals surface area contributed by atoms with Gasteiger partial charge in [-0.25, -0.2) is 8.42 Å². The second-order valence-corrected chi connectivity index (χ2v) is 7.59. The van der Waals surface area contributed by atoms with Gasteiger partial charge in [0.05, 0.1) is 15.9 Å². The van der Waals surface area contributed by atoms with Gasteiger partial charge in [-0.1, -0.05) is 30.3 Å². The SMILES string of the molecule is C=C(C(C)=O)[C@@H](NS(=O)(=O)c1ccc([N+](=O)[O-])cc1)c1ccc(Cl)cc1. The number of ketones is 1. The highest BCUT2D eigenvalue weighted by molar-refractivity contribution is 7.89. The van der Waals surface area contributed by atoms with Gasteiger partial charge in [0.1, 0.15) is 0 Å².